The zero-order valence-electron chi connectivity index (χ0n) is 38.2. The number of hydrogen-bond acceptors (Lipinski definition) is 11. The highest BCUT2D eigenvalue weighted by Crippen LogP contribution is 2.50. The van der Waals surface area contributed by atoms with E-state index in [0.29, 0.717) is 71.4 Å². The molecule has 15 heteroatoms. The zero-order chi connectivity index (χ0) is 47.9. The number of aliphatic hydroxyl groups excluding tert-OH is 1. The maximum atomic E-state index is 14.8. The third-order valence-corrected chi connectivity index (χ3v) is 11.2. The Labute approximate surface area is 386 Å². The van der Waals surface area contributed by atoms with Crippen molar-refractivity contribution in [1.29, 1.82) is 0 Å². The summed E-state index contributed by atoms with van der Waals surface area (Å²) in [6.45, 7) is 12.9. The van der Waals surface area contributed by atoms with Crippen LogP contribution in [0.25, 0.3) is 21.5 Å². The number of fused-ring (bicyclic) bond motifs is 4. The minimum absolute atomic E-state index is 0.136. The van der Waals surface area contributed by atoms with Crippen LogP contribution in [-0.4, -0.2) is 68.5 Å². The number of nitrogens with zero attached hydrogens (tertiary/aromatic N) is 2. The molecule has 2 heterocycles. The number of anilines is 2. The first-order valence-electron chi connectivity index (χ1n) is 22.3. The maximum absolute atomic E-state index is 14.8. The number of esters is 2. The van der Waals surface area contributed by atoms with E-state index in [9.17, 15) is 33.1 Å². The van der Waals surface area contributed by atoms with Gasteiger partial charge in [-0.05, 0) is 76.9 Å². The maximum Gasteiger partial charge on any atom is 0.310 e. The second-order valence-corrected chi connectivity index (χ2v) is 15.2. The van der Waals surface area contributed by atoms with Crippen molar-refractivity contribution in [3.05, 3.63) is 130 Å². The van der Waals surface area contributed by atoms with Gasteiger partial charge in [-0.25, -0.2) is 8.78 Å². The van der Waals surface area contributed by atoms with Crippen LogP contribution in [-0.2, 0) is 38.4 Å². The van der Waals surface area contributed by atoms with Crippen LogP contribution < -0.4 is 28.7 Å². The molecule has 8 rings (SSSR count). The van der Waals surface area contributed by atoms with E-state index in [0.717, 1.165) is 27.3 Å². The van der Waals surface area contributed by atoms with Crippen LogP contribution in [0.1, 0.15) is 90.7 Å². The van der Waals surface area contributed by atoms with Gasteiger partial charge < -0.3 is 38.4 Å². The minimum atomic E-state index is -1.41. The molecule has 2 amide bonds. The molecule has 0 radical (unpaired) electrons. The number of carbonyl (C=O) groups excluding carboxylic acids is 4. The highest BCUT2D eigenvalue weighted by atomic mass is 19.1. The lowest BCUT2D eigenvalue weighted by molar-refractivity contribution is -0.143. The van der Waals surface area contributed by atoms with E-state index in [1.54, 1.807) is 19.9 Å². The van der Waals surface area contributed by atoms with Crippen LogP contribution in [0, 0.1) is 11.6 Å². The predicted molar refractivity (Wildman–Crippen MR) is 248 cm³/mol. The van der Waals surface area contributed by atoms with Gasteiger partial charge in [0.1, 0.15) is 34.6 Å². The van der Waals surface area contributed by atoms with E-state index in [4.69, 9.17) is 28.4 Å². The number of hydrogen-bond donors (Lipinski definition) is 1. The van der Waals surface area contributed by atoms with Gasteiger partial charge in [-0.3, -0.25) is 24.1 Å². The van der Waals surface area contributed by atoms with E-state index in [2.05, 4.69) is 0 Å². The van der Waals surface area contributed by atoms with Crippen LogP contribution in [0.2, 0.25) is 0 Å². The van der Waals surface area contributed by atoms with Crippen LogP contribution in [0.5, 0.6) is 23.0 Å². The fraction of sp³-hybridized carbons (Fsp3) is 0.308. The summed E-state index contributed by atoms with van der Waals surface area (Å²) in [5.74, 6) is -1.21. The quantitative estimate of drug-likeness (QED) is 0.0925. The molecule has 0 aromatic heterocycles. The van der Waals surface area contributed by atoms with Crippen LogP contribution >= 0.6 is 0 Å². The third kappa shape index (κ3) is 9.28. The van der Waals surface area contributed by atoms with E-state index in [1.807, 2.05) is 76.2 Å². The van der Waals surface area contributed by atoms with Crippen molar-refractivity contribution >= 4 is 56.7 Å². The summed E-state index contributed by atoms with van der Waals surface area (Å²) < 4.78 is 63.1. The number of rotatable bonds is 16. The molecule has 67 heavy (non-hydrogen) atoms. The molecule has 2 aliphatic heterocycles. The average Bonchev–Trinajstić information content (AvgIpc) is 3.79. The molecule has 1 unspecified atom stereocenters. The van der Waals surface area contributed by atoms with Gasteiger partial charge in [-0.1, -0.05) is 60.7 Å². The minimum Gasteiger partial charge on any atom is -0.493 e. The van der Waals surface area contributed by atoms with Gasteiger partial charge in [0.25, 0.3) is 11.8 Å². The first kappa shape index (κ1) is 47.7. The van der Waals surface area contributed by atoms with Gasteiger partial charge >= 0.3 is 11.9 Å². The Morgan fingerprint density at radius 1 is 0.567 bits per heavy atom. The van der Waals surface area contributed by atoms with Gasteiger partial charge in [-0.15, -0.1) is 0 Å². The lowest BCUT2D eigenvalue weighted by Gasteiger charge is -2.22. The molecule has 0 saturated carbocycles. The van der Waals surface area contributed by atoms with Crippen LogP contribution in [0.3, 0.4) is 0 Å². The molecule has 0 spiro atoms. The fourth-order valence-electron chi connectivity index (χ4n) is 8.46. The molecule has 13 nitrogen and oxygen atoms in total. The van der Waals surface area contributed by atoms with Gasteiger partial charge in [-0.2, -0.15) is 0 Å². The number of carbonyl (C=O) groups is 4. The molecule has 0 aliphatic carbocycles. The largest absolute Gasteiger partial charge is 0.493 e. The second kappa shape index (κ2) is 20.9. The van der Waals surface area contributed by atoms with Gasteiger partial charge in [0.15, 0.2) is 6.23 Å². The molecule has 350 valence electrons. The van der Waals surface area contributed by atoms with E-state index < -0.39 is 35.7 Å². The van der Waals surface area contributed by atoms with Crippen LogP contribution in [0.15, 0.2) is 84.9 Å². The van der Waals surface area contributed by atoms with Gasteiger partial charge in [0, 0.05) is 38.5 Å². The normalized spacial score (nSPS) is 13.8. The molecule has 6 aromatic rings. The average molecular weight is 919 g/mol. The molecular weight excluding hydrogens is 867 g/mol. The summed E-state index contributed by atoms with van der Waals surface area (Å²) >= 11 is 0. The summed E-state index contributed by atoms with van der Waals surface area (Å²) in [6, 6.07) is 23.5. The van der Waals surface area contributed by atoms with E-state index in [-0.39, 0.29) is 66.4 Å². The molecule has 1 N–H and O–H groups in total. The van der Waals surface area contributed by atoms with Crippen molar-refractivity contribution in [3.8, 4) is 23.0 Å². The second-order valence-electron chi connectivity index (χ2n) is 15.2. The Kier molecular flexibility index (Phi) is 14.9. The molecule has 6 aromatic carbocycles. The third-order valence-electron chi connectivity index (χ3n) is 11.2. The lowest BCUT2D eigenvalue weighted by Crippen LogP contribution is -2.28. The standard InChI is InChI=1S/C26H26FNO6.C26H26FNO5/c1-4-32-20(29)13-15-11-12-16(14-19(15)27)28-25(30)21-22(26(28)31)24(34-6-3)18-10-8-7-9-17(18)23(21)33-5-2;1-4-31-22(29)13-16-11-12-17(14-21(16)27)28-15-20-23(26(28)30)25(33-6-3)19-10-8-7-9-18(19)24(20)32-5-2/h7-12,14,25,30H,4-6,13H2,1-3H3;7-12,14H,4-6,13,15H2,1-3H3. The summed E-state index contributed by atoms with van der Waals surface area (Å²) in [5, 5.41) is 14.3. The Hall–Kier alpha value is -7.26. The number of benzene rings is 6. The van der Waals surface area contributed by atoms with Crippen LogP contribution in [0.4, 0.5) is 20.2 Å². The predicted octanol–water partition coefficient (Wildman–Crippen LogP) is 9.58. The Balaban J connectivity index is 0.000000199. The Morgan fingerprint density at radius 3 is 1.49 bits per heavy atom. The lowest BCUT2D eigenvalue weighted by atomic mass is 9.98. The first-order chi connectivity index (χ1) is 32.4. The van der Waals surface area contributed by atoms with Gasteiger partial charge in [0.05, 0.1) is 75.7 Å². The topological polar surface area (TPSA) is 150 Å². The molecule has 0 bridgehead atoms. The van der Waals surface area contributed by atoms with Crippen molar-refractivity contribution in [1.82, 2.24) is 0 Å². The van der Waals surface area contributed by atoms with E-state index in [1.165, 1.54) is 29.2 Å². The highest BCUT2D eigenvalue weighted by molar-refractivity contribution is 6.18. The molecule has 1 atom stereocenters. The Morgan fingerprint density at radius 2 is 1.00 bits per heavy atom. The summed E-state index contributed by atoms with van der Waals surface area (Å²) in [6.07, 6.45) is -1.81. The molecule has 0 fully saturated rings. The summed E-state index contributed by atoms with van der Waals surface area (Å²) in [5.41, 5.74) is 2.53. The van der Waals surface area contributed by atoms with Crippen molar-refractivity contribution in [2.45, 2.75) is 67.2 Å². The van der Waals surface area contributed by atoms with Gasteiger partial charge in [0.2, 0.25) is 0 Å². The molecule has 0 saturated heterocycles. The number of aliphatic hydroxyl groups is 1. The first-order valence-corrected chi connectivity index (χ1v) is 22.3. The summed E-state index contributed by atoms with van der Waals surface area (Å²) in [7, 11) is 0. The van der Waals surface area contributed by atoms with Crippen molar-refractivity contribution in [2.75, 3.05) is 49.4 Å². The number of ether oxygens (including phenoxy) is 6. The number of halogens is 2. The Bertz CT molecular complexity index is 2870. The summed E-state index contributed by atoms with van der Waals surface area (Å²) in [4.78, 5) is 53.2. The van der Waals surface area contributed by atoms with Crippen molar-refractivity contribution < 1.29 is 61.5 Å². The zero-order valence-corrected chi connectivity index (χ0v) is 38.2. The fourth-order valence-corrected chi connectivity index (χ4v) is 8.46. The monoisotopic (exact) mass is 918 g/mol. The smallest absolute Gasteiger partial charge is 0.310 e. The van der Waals surface area contributed by atoms with E-state index >= 15 is 0 Å². The molecule has 2 aliphatic rings. The van der Waals surface area contributed by atoms with Crippen molar-refractivity contribution in [3.63, 3.8) is 0 Å². The SMILES string of the molecule is CCOC(=O)Cc1ccc(N2C(=O)c3c(c(OCC)c4ccccc4c3OCC)C2O)cc1F.CCOC(=O)Cc1ccc(N2Cc3c(c(OCC)c4ccccc4c3OCC)C2=O)cc1F. The highest BCUT2D eigenvalue weighted by Gasteiger charge is 2.44. The molecular formula is C52H52F2N2O11. The number of amides is 2. The van der Waals surface area contributed by atoms with Crippen molar-refractivity contribution in [2.24, 2.45) is 0 Å².